The fraction of sp³-hybridized carbons (Fsp3) is 0.125. The Bertz CT molecular complexity index is 1060. The summed E-state index contributed by atoms with van der Waals surface area (Å²) in [6.07, 6.45) is 2.42. The Morgan fingerprint density at radius 2 is 1.65 bits per heavy atom. The van der Waals surface area contributed by atoms with Gasteiger partial charge in [-0.15, -0.1) is 0 Å². The minimum absolute atomic E-state index is 0.139. The molecule has 7 heteroatoms. The fourth-order valence-electron chi connectivity index (χ4n) is 2.59. The van der Waals surface area contributed by atoms with Crippen LogP contribution in [0.3, 0.4) is 0 Å². The Morgan fingerprint density at radius 1 is 0.968 bits per heavy atom. The predicted octanol–water partition coefficient (Wildman–Crippen LogP) is 4.65. The molecule has 0 saturated carbocycles. The molecule has 0 aromatic heterocycles. The molecule has 0 atom stereocenters. The van der Waals surface area contributed by atoms with E-state index in [0.717, 1.165) is 6.42 Å². The van der Waals surface area contributed by atoms with Gasteiger partial charge >= 0.3 is 5.97 Å². The number of aryl methyl sites for hydroxylation is 1. The molecule has 0 aliphatic rings. The van der Waals surface area contributed by atoms with Crippen molar-refractivity contribution in [3.63, 3.8) is 0 Å². The van der Waals surface area contributed by atoms with Crippen molar-refractivity contribution in [2.75, 3.05) is 6.61 Å². The number of nitrogens with zero attached hydrogens (tertiary/aromatic N) is 1. The predicted molar refractivity (Wildman–Crippen MR) is 120 cm³/mol. The van der Waals surface area contributed by atoms with E-state index in [4.69, 9.17) is 21.1 Å². The van der Waals surface area contributed by atoms with Crippen LogP contribution in [0, 0.1) is 0 Å². The van der Waals surface area contributed by atoms with Gasteiger partial charge < -0.3 is 9.47 Å². The van der Waals surface area contributed by atoms with Crippen molar-refractivity contribution in [3.05, 3.63) is 94.5 Å². The van der Waals surface area contributed by atoms with Crippen molar-refractivity contribution < 1.29 is 19.1 Å². The largest absolute Gasteiger partial charge is 0.484 e. The minimum Gasteiger partial charge on any atom is -0.484 e. The number of carbonyl (C=O) groups is 2. The summed E-state index contributed by atoms with van der Waals surface area (Å²) in [6.45, 7) is 1.93. The highest BCUT2D eigenvalue weighted by atomic mass is 35.5. The van der Waals surface area contributed by atoms with Crippen LogP contribution in [-0.2, 0) is 11.2 Å². The lowest BCUT2D eigenvalue weighted by atomic mass is 10.2. The zero-order chi connectivity index (χ0) is 22.1. The number of benzene rings is 3. The molecule has 6 nitrogen and oxygen atoms in total. The lowest BCUT2D eigenvalue weighted by Gasteiger charge is -2.06. The van der Waals surface area contributed by atoms with Crippen molar-refractivity contribution in [2.24, 2.45) is 5.10 Å². The molecule has 0 fully saturated rings. The van der Waals surface area contributed by atoms with Gasteiger partial charge in [-0.25, -0.2) is 10.2 Å². The highest BCUT2D eigenvalue weighted by Gasteiger charge is 2.11. The van der Waals surface area contributed by atoms with Gasteiger partial charge in [-0.3, -0.25) is 4.79 Å². The van der Waals surface area contributed by atoms with Gasteiger partial charge in [-0.1, -0.05) is 42.8 Å². The zero-order valence-electron chi connectivity index (χ0n) is 16.9. The number of hydrogen-bond donors (Lipinski definition) is 1. The third-order valence-corrected chi connectivity index (χ3v) is 4.62. The average Bonchev–Trinajstić information content (AvgIpc) is 2.79. The number of halogens is 1. The number of esters is 1. The van der Waals surface area contributed by atoms with Crippen LogP contribution in [-0.4, -0.2) is 24.7 Å². The van der Waals surface area contributed by atoms with Gasteiger partial charge in [0.2, 0.25) is 0 Å². The Labute approximate surface area is 185 Å². The molecular weight excluding hydrogens is 416 g/mol. The lowest BCUT2D eigenvalue weighted by Crippen LogP contribution is -2.24. The SMILES string of the molecule is CCc1ccc(OCC(=O)N/N=C/c2ccc(OC(=O)c3ccccc3Cl)cc2)cc1. The second kappa shape index (κ2) is 10.9. The minimum atomic E-state index is -0.538. The molecule has 0 aliphatic heterocycles. The van der Waals surface area contributed by atoms with E-state index in [0.29, 0.717) is 27.6 Å². The van der Waals surface area contributed by atoms with Crippen molar-refractivity contribution in [2.45, 2.75) is 13.3 Å². The van der Waals surface area contributed by atoms with Gasteiger partial charge in [0.05, 0.1) is 16.8 Å². The third kappa shape index (κ3) is 6.69. The molecule has 0 heterocycles. The fourth-order valence-corrected chi connectivity index (χ4v) is 2.80. The molecule has 0 radical (unpaired) electrons. The molecule has 0 saturated heterocycles. The first-order valence-electron chi connectivity index (χ1n) is 9.65. The Hall–Kier alpha value is -3.64. The van der Waals surface area contributed by atoms with Crippen LogP contribution in [0.1, 0.15) is 28.4 Å². The van der Waals surface area contributed by atoms with Crippen molar-refractivity contribution in [1.29, 1.82) is 0 Å². The number of hydrogen-bond acceptors (Lipinski definition) is 5. The highest BCUT2D eigenvalue weighted by Crippen LogP contribution is 2.19. The zero-order valence-corrected chi connectivity index (χ0v) is 17.6. The summed E-state index contributed by atoms with van der Waals surface area (Å²) in [5.74, 6) is 0.0802. The number of hydrazone groups is 1. The highest BCUT2D eigenvalue weighted by molar-refractivity contribution is 6.33. The molecule has 158 valence electrons. The van der Waals surface area contributed by atoms with Crippen LogP contribution in [0.25, 0.3) is 0 Å². The summed E-state index contributed by atoms with van der Waals surface area (Å²) in [4.78, 5) is 24.0. The Kier molecular flexibility index (Phi) is 7.79. The van der Waals surface area contributed by atoms with E-state index < -0.39 is 5.97 Å². The van der Waals surface area contributed by atoms with E-state index in [-0.39, 0.29) is 12.5 Å². The van der Waals surface area contributed by atoms with Gasteiger partial charge in [0.15, 0.2) is 6.61 Å². The summed E-state index contributed by atoms with van der Waals surface area (Å²) >= 11 is 6.00. The first-order chi connectivity index (χ1) is 15.0. The summed E-state index contributed by atoms with van der Waals surface area (Å²) in [7, 11) is 0. The van der Waals surface area contributed by atoms with Gasteiger partial charge in [0.1, 0.15) is 11.5 Å². The van der Waals surface area contributed by atoms with E-state index in [1.165, 1.54) is 11.8 Å². The van der Waals surface area contributed by atoms with E-state index in [1.54, 1.807) is 48.5 Å². The van der Waals surface area contributed by atoms with Crippen molar-refractivity contribution in [1.82, 2.24) is 5.43 Å². The molecule has 0 unspecified atom stereocenters. The Morgan fingerprint density at radius 3 is 2.32 bits per heavy atom. The quantitative estimate of drug-likeness (QED) is 0.241. The molecule has 3 rings (SSSR count). The van der Waals surface area contributed by atoms with Crippen LogP contribution < -0.4 is 14.9 Å². The van der Waals surface area contributed by atoms with Crippen molar-refractivity contribution >= 4 is 29.7 Å². The molecule has 0 bridgehead atoms. The average molecular weight is 437 g/mol. The first kappa shape index (κ1) is 22.1. The third-order valence-electron chi connectivity index (χ3n) is 4.29. The number of ether oxygens (including phenoxy) is 2. The van der Waals surface area contributed by atoms with Crippen LogP contribution in [0.4, 0.5) is 0 Å². The summed E-state index contributed by atoms with van der Waals surface area (Å²) in [5, 5.41) is 4.23. The van der Waals surface area contributed by atoms with E-state index in [1.807, 2.05) is 24.3 Å². The van der Waals surface area contributed by atoms with Gasteiger partial charge in [0, 0.05) is 0 Å². The topological polar surface area (TPSA) is 77.0 Å². The second-order valence-electron chi connectivity index (χ2n) is 6.52. The maximum absolute atomic E-state index is 12.2. The molecular formula is C24H21ClN2O4. The Balaban J connectivity index is 1.46. The van der Waals surface area contributed by atoms with Gasteiger partial charge in [-0.2, -0.15) is 5.10 Å². The van der Waals surface area contributed by atoms with Crippen LogP contribution in [0.2, 0.25) is 5.02 Å². The summed E-state index contributed by atoms with van der Waals surface area (Å²) < 4.78 is 10.7. The standard InChI is InChI=1S/C24H21ClN2O4/c1-2-17-7-11-19(12-8-17)30-16-23(28)27-26-15-18-9-13-20(14-10-18)31-24(29)21-5-3-4-6-22(21)25/h3-15H,2,16H2,1H3,(H,27,28)/b26-15+. The second-order valence-corrected chi connectivity index (χ2v) is 6.92. The maximum Gasteiger partial charge on any atom is 0.345 e. The van der Waals surface area contributed by atoms with E-state index in [9.17, 15) is 9.59 Å². The van der Waals surface area contributed by atoms with Gasteiger partial charge in [0.25, 0.3) is 5.91 Å². The van der Waals surface area contributed by atoms with E-state index >= 15 is 0 Å². The summed E-state index contributed by atoms with van der Waals surface area (Å²) in [5.41, 5.74) is 4.61. The molecule has 3 aromatic rings. The van der Waals surface area contributed by atoms with E-state index in [2.05, 4.69) is 17.5 Å². The molecule has 1 N–H and O–H groups in total. The van der Waals surface area contributed by atoms with Gasteiger partial charge in [-0.05, 0) is 66.1 Å². The number of carbonyl (C=O) groups excluding carboxylic acids is 2. The van der Waals surface area contributed by atoms with Crippen LogP contribution >= 0.6 is 11.6 Å². The molecule has 1 amide bonds. The first-order valence-corrected chi connectivity index (χ1v) is 10.0. The van der Waals surface area contributed by atoms with Crippen molar-refractivity contribution in [3.8, 4) is 11.5 Å². The molecule has 31 heavy (non-hydrogen) atoms. The smallest absolute Gasteiger partial charge is 0.345 e. The van der Waals surface area contributed by atoms with Crippen LogP contribution in [0.5, 0.6) is 11.5 Å². The lowest BCUT2D eigenvalue weighted by molar-refractivity contribution is -0.123. The number of nitrogens with one attached hydrogen (secondary N) is 1. The molecule has 0 spiro atoms. The monoisotopic (exact) mass is 436 g/mol. The molecule has 3 aromatic carbocycles. The number of amides is 1. The number of rotatable bonds is 8. The summed E-state index contributed by atoms with van der Waals surface area (Å²) in [6, 6.07) is 20.9. The normalized spacial score (nSPS) is 10.6. The van der Waals surface area contributed by atoms with Crippen LogP contribution in [0.15, 0.2) is 77.9 Å². The molecule has 0 aliphatic carbocycles. The maximum atomic E-state index is 12.2.